The first kappa shape index (κ1) is 17.7. The Balaban J connectivity index is 1.61. The maximum Gasteiger partial charge on any atom is 0.263 e. The summed E-state index contributed by atoms with van der Waals surface area (Å²) in [5.41, 5.74) is 1.64. The van der Waals surface area contributed by atoms with Gasteiger partial charge in [0.05, 0.1) is 18.5 Å². The van der Waals surface area contributed by atoms with Crippen LogP contribution in [0.4, 0.5) is 10.3 Å². The van der Waals surface area contributed by atoms with E-state index in [1.165, 1.54) is 12.3 Å². The second kappa shape index (κ2) is 7.51. The molecule has 0 aliphatic rings. The van der Waals surface area contributed by atoms with Crippen molar-refractivity contribution in [1.29, 1.82) is 0 Å². The van der Waals surface area contributed by atoms with Gasteiger partial charge < -0.3 is 10.1 Å². The Morgan fingerprint density at radius 3 is 2.79 bits per heavy atom. The molecule has 4 aromatic rings. The van der Waals surface area contributed by atoms with Gasteiger partial charge in [-0.25, -0.2) is 9.07 Å². The number of halogens is 1. The minimum absolute atomic E-state index is 0.214. The van der Waals surface area contributed by atoms with Crippen molar-refractivity contribution in [2.24, 2.45) is 0 Å². The van der Waals surface area contributed by atoms with Gasteiger partial charge in [-0.2, -0.15) is 10.1 Å². The van der Waals surface area contributed by atoms with Gasteiger partial charge in [-0.15, -0.1) is 0 Å². The van der Waals surface area contributed by atoms with Gasteiger partial charge in [-0.05, 0) is 36.8 Å². The van der Waals surface area contributed by atoms with Crippen LogP contribution in [0.15, 0.2) is 59.5 Å². The third kappa shape index (κ3) is 3.44. The molecule has 0 aliphatic carbocycles. The molecule has 2 heterocycles. The van der Waals surface area contributed by atoms with Crippen LogP contribution in [0.2, 0.25) is 0 Å². The summed E-state index contributed by atoms with van der Waals surface area (Å²) in [6, 6.07) is 14.2. The van der Waals surface area contributed by atoms with Gasteiger partial charge in [0, 0.05) is 6.54 Å². The van der Waals surface area contributed by atoms with Crippen LogP contribution in [0.25, 0.3) is 16.7 Å². The predicted molar refractivity (Wildman–Crippen MR) is 104 cm³/mol. The molecule has 0 spiro atoms. The second-order valence-corrected chi connectivity index (χ2v) is 6.10. The molecule has 0 aliphatic heterocycles. The molecule has 0 atom stereocenters. The van der Waals surface area contributed by atoms with Gasteiger partial charge >= 0.3 is 0 Å². The minimum Gasteiger partial charge on any atom is -0.491 e. The molecular formula is C20H18FN5O2. The van der Waals surface area contributed by atoms with E-state index >= 15 is 0 Å². The number of ether oxygens (including phenoxy) is 1. The van der Waals surface area contributed by atoms with E-state index in [4.69, 9.17) is 4.74 Å². The first-order valence-corrected chi connectivity index (χ1v) is 8.84. The van der Waals surface area contributed by atoms with Crippen molar-refractivity contribution in [2.75, 3.05) is 11.9 Å². The molecule has 4 rings (SSSR count). The summed E-state index contributed by atoms with van der Waals surface area (Å²) in [5.74, 6) is 0.0654. The Bertz CT molecular complexity index is 1170. The average Bonchev–Trinajstić information content (AvgIpc) is 3.14. The van der Waals surface area contributed by atoms with Crippen molar-refractivity contribution >= 4 is 17.0 Å². The molecule has 7 nitrogen and oxygen atoms in total. The van der Waals surface area contributed by atoms with Crippen LogP contribution in [-0.2, 0) is 6.54 Å². The van der Waals surface area contributed by atoms with Gasteiger partial charge in [0.1, 0.15) is 5.39 Å². The van der Waals surface area contributed by atoms with Crippen molar-refractivity contribution in [3.05, 3.63) is 76.5 Å². The predicted octanol–water partition coefficient (Wildman–Crippen LogP) is 3.26. The molecule has 0 amide bonds. The third-order valence-electron chi connectivity index (χ3n) is 4.19. The number of aromatic nitrogens is 4. The van der Waals surface area contributed by atoms with Crippen molar-refractivity contribution in [2.45, 2.75) is 13.5 Å². The monoisotopic (exact) mass is 379 g/mol. The molecule has 8 heteroatoms. The zero-order valence-electron chi connectivity index (χ0n) is 15.1. The maximum atomic E-state index is 14.0. The summed E-state index contributed by atoms with van der Waals surface area (Å²) < 4.78 is 20.8. The summed E-state index contributed by atoms with van der Waals surface area (Å²) in [6.07, 6.45) is 1.49. The van der Waals surface area contributed by atoms with Crippen molar-refractivity contribution in [3.8, 4) is 11.4 Å². The number of nitrogens with zero attached hydrogens (tertiary/aromatic N) is 3. The van der Waals surface area contributed by atoms with Crippen molar-refractivity contribution < 1.29 is 9.13 Å². The van der Waals surface area contributed by atoms with E-state index in [0.717, 1.165) is 5.69 Å². The summed E-state index contributed by atoms with van der Waals surface area (Å²) >= 11 is 0. The third-order valence-corrected chi connectivity index (χ3v) is 4.19. The Morgan fingerprint density at radius 2 is 2.04 bits per heavy atom. The highest BCUT2D eigenvalue weighted by atomic mass is 19.1. The zero-order valence-corrected chi connectivity index (χ0v) is 15.1. The highest BCUT2D eigenvalue weighted by Crippen LogP contribution is 2.19. The van der Waals surface area contributed by atoms with Gasteiger partial charge in [0.25, 0.3) is 5.56 Å². The van der Waals surface area contributed by atoms with E-state index in [1.807, 2.05) is 30.3 Å². The molecule has 0 radical (unpaired) electrons. The fourth-order valence-corrected chi connectivity index (χ4v) is 2.87. The van der Waals surface area contributed by atoms with Crippen LogP contribution in [0.1, 0.15) is 12.5 Å². The Kier molecular flexibility index (Phi) is 4.76. The minimum atomic E-state index is -0.430. The number of H-pyrrole nitrogens is 1. The zero-order chi connectivity index (χ0) is 19.5. The summed E-state index contributed by atoms with van der Waals surface area (Å²) in [5, 5.41) is 7.68. The first-order valence-electron chi connectivity index (χ1n) is 8.84. The average molecular weight is 379 g/mol. The molecular weight excluding hydrogens is 361 g/mol. The van der Waals surface area contributed by atoms with E-state index in [0.29, 0.717) is 23.2 Å². The number of nitrogens with one attached hydrogen (secondary N) is 2. The molecule has 2 aromatic carbocycles. The number of anilines is 1. The highest BCUT2D eigenvalue weighted by Gasteiger charge is 2.11. The molecule has 142 valence electrons. The van der Waals surface area contributed by atoms with Crippen LogP contribution in [0.3, 0.4) is 0 Å². The van der Waals surface area contributed by atoms with E-state index in [2.05, 4.69) is 20.4 Å². The van der Waals surface area contributed by atoms with Crippen LogP contribution < -0.4 is 15.6 Å². The number of benzene rings is 2. The largest absolute Gasteiger partial charge is 0.491 e. The van der Waals surface area contributed by atoms with E-state index in [-0.39, 0.29) is 23.8 Å². The van der Waals surface area contributed by atoms with Gasteiger partial charge in [-0.3, -0.25) is 9.78 Å². The van der Waals surface area contributed by atoms with Crippen LogP contribution in [0.5, 0.6) is 5.75 Å². The fourth-order valence-electron chi connectivity index (χ4n) is 2.87. The Labute approximate surface area is 159 Å². The first-order chi connectivity index (χ1) is 13.7. The summed E-state index contributed by atoms with van der Waals surface area (Å²) in [4.78, 5) is 19.5. The van der Waals surface area contributed by atoms with Crippen molar-refractivity contribution in [3.63, 3.8) is 0 Å². The maximum absolute atomic E-state index is 14.0. The lowest BCUT2D eigenvalue weighted by molar-refractivity contribution is 0.321. The van der Waals surface area contributed by atoms with Gasteiger partial charge in [0.2, 0.25) is 5.95 Å². The molecule has 0 fully saturated rings. The topological polar surface area (TPSA) is 84.8 Å². The molecule has 0 saturated heterocycles. The number of hydrogen-bond donors (Lipinski definition) is 2. The summed E-state index contributed by atoms with van der Waals surface area (Å²) in [6.45, 7) is 2.49. The lowest BCUT2D eigenvalue weighted by Crippen LogP contribution is -2.13. The molecule has 2 N–H and O–H groups in total. The van der Waals surface area contributed by atoms with Crippen LogP contribution in [0, 0.1) is 5.82 Å². The molecule has 28 heavy (non-hydrogen) atoms. The lowest BCUT2D eigenvalue weighted by Gasteiger charge is -2.09. The molecule has 2 aromatic heterocycles. The normalized spacial score (nSPS) is 10.9. The van der Waals surface area contributed by atoms with E-state index < -0.39 is 5.82 Å². The molecule has 0 bridgehead atoms. The Hall–Kier alpha value is -3.68. The molecule has 0 saturated carbocycles. The number of rotatable bonds is 6. The van der Waals surface area contributed by atoms with Crippen LogP contribution >= 0.6 is 0 Å². The van der Waals surface area contributed by atoms with E-state index in [9.17, 15) is 9.18 Å². The lowest BCUT2D eigenvalue weighted by atomic mass is 10.2. The smallest absolute Gasteiger partial charge is 0.263 e. The van der Waals surface area contributed by atoms with Crippen LogP contribution in [-0.4, -0.2) is 26.4 Å². The highest BCUT2D eigenvalue weighted by molar-refractivity contribution is 5.76. The fraction of sp³-hybridized carbons (Fsp3) is 0.150. The number of fused-ring (bicyclic) bond motifs is 1. The number of para-hydroxylation sites is 1. The second-order valence-electron chi connectivity index (χ2n) is 6.10. The SMILES string of the molecule is CCOc1ccc(CNc2nc3c(cnn3-c3ccccc3)c(=O)[nH]2)cc1F. The number of hydrogen-bond acceptors (Lipinski definition) is 5. The van der Waals surface area contributed by atoms with Gasteiger partial charge in [-0.1, -0.05) is 24.3 Å². The number of aromatic amines is 1. The Morgan fingerprint density at radius 1 is 1.21 bits per heavy atom. The summed E-state index contributed by atoms with van der Waals surface area (Å²) in [7, 11) is 0. The standard InChI is InChI=1S/C20H18FN5O2/c1-2-28-17-9-8-13(10-16(17)21)11-22-20-24-18-15(19(27)25-20)12-23-26(18)14-6-4-3-5-7-14/h3-10,12H,2,11H2,1H3,(H2,22,24,25,27). The van der Waals surface area contributed by atoms with Gasteiger partial charge in [0.15, 0.2) is 17.2 Å². The van der Waals surface area contributed by atoms with Crippen molar-refractivity contribution in [1.82, 2.24) is 19.7 Å². The molecule has 0 unspecified atom stereocenters. The quantitative estimate of drug-likeness (QED) is 0.537. The van der Waals surface area contributed by atoms with E-state index in [1.54, 1.807) is 23.7 Å².